The van der Waals surface area contributed by atoms with E-state index in [0.717, 1.165) is 13.0 Å². The third-order valence-corrected chi connectivity index (χ3v) is 2.45. The maximum atomic E-state index is 11.4. The zero-order chi connectivity index (χ0) is 9.26. The summed E-state index contributed by atoms with van der Waals surface area (Å²) in [6.07, 6.45) is 0.922. The zero-order valence-corrected chi connectivity index (χ0v) is 7.53. The number of amides is 2. The molecular formula is C8H15N3O2. The molecule has 2 rings (SSSR count). The number of nitrogens with one attached hydrogen (secondary N) is 1. The summed E-state index contributed by atoms with van der Waals surface area (Å²) in [5, 5.41) is 2.91. The molecule has 0 aromatic rings. The molecule has 1 atom stereocenters. The number of carbonyl (C=O) groups excluding carboxylic acids is 1. The number of nitrogens with zero attached hydrogens (tertiary/aromatic N) is 1. The van der Waals surface area contributed by atoms with Crippen LogP contribution in [-0.4, -0.2) is 49.3 Å². The third-order valence-electron chi connectivity index (χ3n) is 2.45. The Morgan fingerprint density at radius 2 is 2.31 bits per heavy atom. The molecule has 1 unspecified atom stereocenters. The molecule has 2 saturated heterocycles. The van der Waals surface area contributed by atoms with Crippen molar-refractivity contribution in [3.05, 3.63) is 0 Å². The van der Waals surface area contributed by atoms with E-state index in [9.17, 15) is 4.79 Å². The van der Waals surface area contributed by atoms with Gasteiger partial charge in [0.1, 0.15) is 0 Å². The van der Waals surface area contributed by atoms with Gasteiger partial charge in [0.2, 0.25) is 0 Å². The van der Waals surface area contributed by atoms with Gasteiger partial charge in [-0.2, -0.15) is 0 Å². The molecule has 3 N–H and O–H groups in total. The number of rotatable bonds is 1. The standard InChI is InChI=1S/C8H15N3O2/c9-6-3-11(4-6)8(12)10-7-1-2-13-5-7/h6-7H,1-5,9H2,(H,10,12). The van der Waals surface area contributed by atoms with Crippen molar-refractivity contribution < 1.29 is 9.53 Å². The number of likely N-dealkylation sites (tertiary alicyclic amines) is 1. The van der Waals surface area contributed by atoms with Crippen molar-refractivity contribution in [1.29, 1.82) is 0 Å². The van der Waals surface area contributed by atoms with Crippen LogP contribution in [0.1, 0.15) is 6.42 Å². The molecule has 2 amide bonds. The molecule has 5 heteroatoms. The van der Waals surface area contributed by atoms with Crippen molar-refractivity contribution in [3.63, 3.8) is 0 Å². The molecule has 2 fully saturated rings. The summed E-state index contributed by atoms with van der Waals surface area (Å²) in [5.41, 5.74) is 5.57. The maximum Gasteiger partial charge on any atom is 0.317 e. The predicted octanol–water partition coefficient (Wildman–Crippen LogP) is -0.872. The SMILES string of the molecule is NC1CN(C(=O)NC2CCOC2)C1. The van der Waals surface area contributed by atoms with Crippen LogP contribution in [0.15, 0.2) is 0 Å². The van der Waals surface area contributed by atoms with Crippen LogP contribution in [0.25, 0.3) is 0 Å². The second-order valence-electron chi connectivity index (χ2n) is 3.68. The van der Waals surface area contributed by atoms with Gasteiger partial charge in [-0.3, -0.25) is 0 Å². The lowest BCUT2D eigenvalue weighted by Crippen LogP contribution is -2.61. The summed E-state index contributed by atoms with van der Waals surface area (Å²) in [7, 11) is 0. The highest BCUT2D eigenvalue weighted by molar-refractivity contribution is 5.75. The Morgan fingerprint density at radius 1 is 1.54 bits per heavy atom. The molecule has 74 valence electrons. The van der Waals surface area contributed by atoms with Crippen LogP contribution in [-0.2, 0) is 4.74 Å². The molecule has 0 aromatic heterocycles. The van der Waals surface area contributed by atoms with Gasteiger partial charge in [-0.15, -0.1) is 0 Å². The van der Waals surface area contributed by atoms with Crippen molar-refractivity contribution >= 4 is 6.03 Å². The summed E-state index contributed by atoms with van der Waals surface area (Å²) in [6, 6.07) is 0.368. The number of hydrogen-bond donors (Lipinski definition) is 2. The predicted molar refractivity (Wildman–Crippen MR) is 47.3 cm³/mol. The molecule has 2 aliphatic rings. The van der Waals surface area contributed by atoms with Crippen LogP contribution in [0.3, 0.4) is 0 Å². The smallest absolute Gasteiger partial charge is 0.317 e. The molecule has 0 aliphatic carbocycles. The summed E-state index contributed by atoms with van der Waals surface area (Å²) >= 11 is 0. The van der Waals surface area contributed by atoms with E-state index in [1.807, 2.05) is 0 Å². The lowest BCUT2D eigenvalue weighted by Gasteiger charge is -2.37. The topological polar surface area (TPSA) is 67.6 Å². The average Bonchev–Trinajstić information content (AvgIpc) is 2.51. The van der Waals surface area contributed by atoms with Gasteiger partial charge in [0.25, 0.3) is 0 Å². The van der Waals surface area contributed by atoms with Crippen molar-refractivity contribution in [1.82, 2.24) is 10.2 Å². The number of urea groups is 1. The molecule has 0 aromatic carbocycles. The first-order chi connectivity index (χ1) is 6.25. The Morgan fingerprint density at radius 3 is 2.85 bits per heavy atom. The van der Waals surface area contributed by atoms with Crippen LogP contribution in [0.5, 0.6) is 0 Å². The van der Waals surface area contributed by atoms with Gasteiger partial charge in [-0.05, 0) is 6.42 Å². The number of hydrogen-bond acceptors (Lipinski definition) is 3. The highest BCUT2D eigenvalue weighted by Crippen LogP contribution is 2.08. The van der Waals surface area contributed by atoms with Crippen molar-refractivity contribution in [2.75, 3.05) is 26.3 Å². The van der Waals surface area contributed by atoms with E-state index < -0.39 is 0 Å². The maximum absolute atomic E-state index is 11.4. The Kier molecular flexibility index (Phi) is 2.37. The minimum absolute atomic E-state index is 0.00259. The molecule has 0 radical (unpaired) electrons. The van der Waals surface area contributed by atoms with Gasteiger partial charge < -0.3 is 20.7 Å². The first-order valence-electron chi connectivity index (χ1n) is 4.64. The highest BCUT2D eigenvalue weighted by atomic mass is 16.5. The fourth-order valence-corrected chi connectivity index (χ4v) is 1.59. The largest absolute Gasteiger partial charge is 0.379 e. The Bertz CT molecular complexity index is 198. The fourth-order valence-electron chi connectivity index (χ4n) is 1.59. The van der Waals surface area contributed by atoms with Gasteiger partial charge in [0.05, 0.1) is 12.6 Å². The summed E-state index contributed by atoms with van der Waals surface area (Å²) in [5.74, 6) is 0. The number of carbonyl (C=O) groups is 1. The van der Waals surface area contributed by atoms with Crippen molar-refractivity contribution in [2.45, 2.75) is 18.5 Å². The molecule has 0 spiro atoms. The molecule has 5 nitrogen and oxygen atoms in total. The van der Waals surface area contributed by atoms with E-state index in [0.29, 0.717) is 19.7 Å². The van der Waals surface area contributed by atoms with Crippen molar-refractivity contribution in [3.8, 4) is 0 Å². The van der Waals surface area contributed by atoms with Gasteiger partial charge in [0, 0.05) is 25.7 Å². The van der Waals surface area contributed by atoms with Gasteiger partial charge in [-0.1, -0.05) is 0 Å². The monoisotopic (exact) mass is 185 g/mol. The Labute approximate surface area is 77.2 Å². The Hall–Kier alpha value is -0.810. The van der Waals surface area contributed by atoms with Gasteiger partial charge in [0.15, 0.2) is 0 Å². The molecule has 13 heavy (non-hydrogen) atoms. The van der Waals surface area contributed by atoms with Crippen molar-refractivity contribution in [2.24, 2.45) is 5.73 Å². The lowest BCUT2D eigenvalue weighted by molar-refractivity contribution is 0.145. The highest BCUT2D eigenvalue weighted by Gasteiger charge is 2.29. The minimum Gasteiger partial charge on any atom is -0.379 e. The first kappa shape index (κ1) is 8.77. The second-order valence-corrected chi connectivity index (χ2v) is 3.68. The van der Waals surface area contributed by atoms with Crippen LogP contribution in [0, 0.1) is 0 Å². The summed E-state index contributed by atoms with van der Waals surface area (Å²) in [4.78, 5) is 13.2. The number of nitrogens with two attached hydrogens (primary N) is 1. The zero-order valence-electron chi connectivity index (χ0n) is 7.53. The Balaban J connectivity index is 1.72. The first-order valence-corrected chi connectivity index (χ1v) is 4.64. The average molecular weight is 185 g/mol. The van der Waals surface area contributed by atoms with Gasteiger partial charge in [-0.25, -0.2) is 4.79 Å². The van der Waals surface area contributed by atoms with E-state index in [-0.39, 0.29) is 18.1 Å². The lowest BCUT2D eigenvalue weighted by atomic mass is 10.1. The van der Waals surface area contributed by atoms with E-state index in [4.69, 9.17) is 10.5 Å². The molecule has 2 heterocycles. The van der Waals surface area contributed by atoms with E-state index in [2.05, 4.69) is 5.32 Å². The van der Waals surface area contributed by atoms with E-state index >= 15 is 0 Å². The van der Waals surface area contributed by atoms with Crippen LogP contribution >= 0.6 is 0 Å². The minimum atomic E-state index is -0.00259. The summed E-state index contributed by atoms with van der Waals surface area (Å²) in [6.45, 7) is 2.76. The quantitative estimate of drug-likeness (QED) is 0.558. The van der Waals surface area contributed by atoms with E-state index in [1.54, 1.807) is 4.90 Å². The van der Waals surface area contributed by atoms with Crippen LogP contribution in [0.2, 0.25) is 0 Å². The molecular weight excluding hydrogens is 170 g/mol. The molecule has 0 saturated carbocycles. The van der Waals surface area contributed by atoms with Gasteiger partial charge >= 0.3 is 6.03 Å². The second kappa shape index (κ2) is 3.51. The fraction of sp³-hybridized carbons (Fsp3) is 0.875. The van der Waals surface area contributed by atoms with E-state index in [1.165, 1.54) is 0 Å². The normalized spacial score (nSPS) is 28.7. The third kappa shape index (κ3) is 1.92. The number of ether oxygens (including phenoxy) is 1. The van der Waals surface area contributed by atoms with Crippen LogP contribution < -0.4 is 11.1 Å². The molecule has 0 bridgehead atoms. The van der Waals surface area contributed by atoms with Crippen LogP contribution in [0.4, 0.5) is 4.79 Å². The molecule has 2 aliphatic heterocycles. The summed E-state index contributed by atoms with van der Waals surface area (Å²) < 4.78 is 5.15.